The van der Waals surface area contributed by atoms with Crippen LogP contribution in [0.25, 0.3) is 11.0 Å². The van der Waals surface area contributed by atoms with Crippen molar-refractivity contribution < 1.29 is 0 Å². The molecule has 1 aromatic carbocycles. The lowest BCUT2D eigenvalue weighted by atomic mass is 10.1. The molecule has 0 aliphatic rings. The van der Waals surface area contributed by atoms with Crippen molar-refractivity contribution in [1.29, 1.82) is 0 Å². The van der Waals surface area contributed by atoms with Gasteiger partial charge in [-0.3, -0.25) is 0 Å². The molecular weight excluding hydrogens is 234 g/mol. The Balaban J connectivity index is 1.80. The zero-order valence-electron chi connectivity index (χ0n) is 11.2. The van der Waals surface area contributed by atoms with Crippen LogP contribution in [0.2, 0.25) is 0 Å². The maximum Gasteiger partial charge on any atom is 0.137 e. The summed E-state index contributed by atoms with van der Waals surface area (Å²) in [6.07, 6.45) is 3.82. The topological polar surface area (TPSA) is 40.7 Å². The van der Waals surface area contributed by atoms with Crippen molar-refractivity contribution in [3.05, 3.63) is 59.4 Å². The van der Waals surface area contributed by atoms with Gasteiger partial charge in [-0.1, -0.05) is 6.07 Å². The zero-order chi connectivity index (χ0) is 13.2. The van der Waals surface area contributed by atoms with Gasteiger partial charge in [0.2, 0.25) is 0 Å². The highest BCUT2D eigenvalue weighted by Gasteiger charge is 2.03. The predicted molar refractivity (Wildman–Crippen MR) is 79.3 cm³/mol. The Morgan fingerprint density at radius 3 is 2.89 bits per heavy atom. The monoisotopic (exact) mass is 251 g/mol. The number of benzene rings is 1. The number of rotatable bonds is 3. The van der Waals surface area contributed by atoms with Crippen LogP contribution in [0.15, 0.2) is 42.7 Å². The lowest BCUT2D eigenvalue weighted by molar-refractivity contribution is 1.16. The van der Waals surface area contributed by atoms with Crippen molar-refractivity contribution in [2.45, 2.75) is 20.4 Å². The van der Waals surface area contributed by atoms with Gasteiger partial charge in [-0.15, -0.1) is 0 Å². The molecular formula is C16H17N3. The summed E-state index contributed by atoms with van der Waals surface area (Å²) in [4.78, 5) is 7.49. The van der Waals surface area contributed by atoms with Gasteiger partial charge in [-0.05, 0) is 54.8 Å². The third-order valence-electron chi connectivity index (χ3n) is 3.53. The number of nitrogens with one attached hydrogen (secondary N) is 2. The van der Waals surface area contributed by atoms with Crippen molar-refractivity contribution in [3.63, 3.8) is 0 Å². The summed E-state index contributed by atoms with van der Waals surface area (Å²) in [7, 11) is 0. The summed E-state index contributed by atoms with van der Waals surface area (Å²) in [5.41, 5.74) is 5.97. The number of hydrogen-bond donors (Lipinski definition) is 2. The first-order chi connectivity index (χ1) is 9.24. The van der Waals surface area contributed by atoms with Gasteiger partial charge in [-0.2, -0.15) is 0 Å². The lowest BCUT2D eigenvalue weighted by Gasteiger charge is -2.08. The van der Waals surface area contributed by atoms with Crippen molar-refractivity contribution >= 4 is 16.7 Å². The molecule has 3 nitrogen and oxygen atoms in total. The second-order valence-corrected chi connectivity index (χ2v) is 4.87. The minimum Gasteiger partial charge on any atom is -0.381 e. The lowest BCUT2D eigenvalue weighted by Crippen LogP contribution is -1.99. The van der Waals surface area contributed by atoms with E-state index in [9.17, 15) is 0 Å². The van der Waals surface area contributed by atoms with Gasteiger partial charge in [0.1, 0.15) is 5.65 Å². The van der Waals surface area contributed by atoms with Gasteiger partial charge in [0, 0.05) is 30.0 Å². The van der Waals surface area contributed by atoms with E-state index in [0.717, 1.165) is 17.9 Å². The number of anilines is 1. The summed E-state index contributed by atoms with van der Waals surface area (Å²) in [6.45, 7) is 5.06. The highest BCUT2D eigenvalue weighted by atomic mass is 14.9. The molecule has 0 atom stereocenters. The first kappa shape index (κ1) is 11.8. The number of H-pyrrole nitrogens is 1. The fraction of sp³-hybridized carbons (Fsp3) is 0.188. The number of hydrogen-bond acceptors (Lipinski definition) is 2. The van der Waals surface area contributed by atoms with Gasteiger partial charge in [-0.25, -0.2) is 4.98 Å². The molecule has 96 valence electrons. The van der Waals surface area contributed by atoms with Crippen LogP contribution >= 0.6 is 0 Å². The van der Waals surface area contributed by atoms with Gasteiger partial charge in [0.25, 0.3) is 0 Å². The van der Waals surface area contributed by atoms with Crippen LogP contribution < -0.4 is 5.32 Å². The number of pyridine rings is 1. The molecule has 19 heavy (non-hydrogen) atoms. The normalized spacial score (nSPS) is 10.8. The molecule has 0 fully saturated rings. The summed E-state index contributed by atoms with van der Waals surface area (Å²) >= 11 is 0. The molecule has 0 bridgehead atoms. The minimum atomic E-state index is 0.800. The highest BCUT2D eigenvalue weighted by Crippen LogP contribution is 2.19. The maximum absolute atomic E-state index is 4.30. The first-order valence-corrected chi connectivity index (χ1v) is 6.46. The molecule has 3 rings (SSSR count). The van der Waals surface area contributed by atoms with E-state index in [1.807, 2.05) is 12.3 Å². The Hall–Kier alpha value is -2.29. The predicted octanol–water partition coefficient (Wildman–Crippen LogP) is 3.79. The molecule has 0 amide bonds. The maximum atomic E-state index is 4.30. The molecule has 0 radical (unpaired) electrons. The van der Waals surface area contributed by atoms with Crippen LogP contribution in [-0.2, 0) is 6.54 Å². The van der Waals surface area contributed by atoms with Crippen LogP contribution in [0.3, 0.4) is 0 Å². The largest absolute Gasteiger partial charge is 0.381 e. The van der Waals surface area contributed by atoms with Crippen molar-refractivity contribution in [1.82, 2.24) is 9.97 Å². The molecule has 0 unspecified atom stereocenters. The SMILES string of the molecule is Cc1ccc(NCc2c[nH]c3ncccc23)cc1C. The molecule has 2 N–H and O–H groups in total. The molecule has 0 saturated carbocycles. The minimum absolute atomic E-state index is 0.800. The quantitative estimate of drug-likeness (QED) is 0.743. The number of nitrogens with zero attached hydrogens (tertiary/aromatic N) is 1. The average Bonchev–Trinajstić information content (AvgIpc) is 2.83. The van der Waals surface area contributed by atoms with Crippen LogP contribution in [0, 0.1) is 13.8 Å². The van der Waals surface area contributed by atoms with Gasteiger partial charge in [0.15, 0.2) is 0 Å². The van der Waals surface area contributed by atoms with E-state index in [1.165, 1.54) is 22.1 Å². The Bertz CT molecular complexity index is 713. The second kappa shape index (κ2) is 4.76. The standard InChI is InChI=1S/C16H17N3/c1-11-5-6-14(8-12(11)2)18-9-13-10-19-16-15(13)4-3-7-17-16/h3-8,10,18H,9H2,1-2H3,(H,17,19). The van der Waals surface area contributed by atoms with E-state index < -0.39 is 0 Å². The first-order valence-electron chi connectivity index (χ1n) is 6.46. The highest BCUT2D eigenvalue weighted by molar-refractivity contribution is 5.79. The molecule has 0 saturated heterocycles. The van der Waals surface area contributed by atoms with E-state index in [4.69, 9.17) is 0 Å². The van der Waals surface area contributed by atoms with E-state index in [1.54, 1.807) is 6.20 Å². The van der Waals surface area contributed by atoms with Gasteiger partial charge >= 0.3 is 0 Å². The Morgan fingerprint density at radius 2 is 2.05 bits per heavy atom. The second-order valence-electron chi connectivity index (χ2n) is 4.87. The summed E-state index contributed by atoms with van der Waals surface area (Å²) in [5.74, 6) is 0. The Labute approximate surface area is 112 Å². The summed E-state index contributed by atoms with van der Waals surface area (Å²) in [6, 6.07) is 10.5. The third kappa shape index (κ3) is 2.32. The number of aromatic nitrogens is 2. The fourth-order valence-corrected chi connectivity index (χ4v) is 2.21. The molecule has 0 spiro atoms. The molecule has 3 heteroatoms. The van der Waals surface area contributed by atoms with Crippen molar-refractivity contribution in [3.8, 4) is 0 Å². The summed E-state index contributed by atoms with van der Waals surface area (Å²) < 4.78 is 0. The van der Waals surface area contributed by atoms with E-state index >= 15 is 0 Å². The van der Waals surface area contributed by atoms with Gasteiger partial charge < -0.3 is 10.3 Å². The molecule has 0 aliphatic carbocycles. The smallest absolute Gasteiger partial charge is 0.137 e. The fourth-order valence-electron chi connectivity index (χ4n) is 2.21. The number of aromatic amines is 1. The molecule has 3 aromatic rings. The van der Waals surface area contributed by atoms with Crippen LogP contribution in [0.5, 0.6) is 0 Å². The molecule has 2 heterocycles. The number of aryl methyl sites for hydroxylation is 2. The zero-order valence-corrected chi connectivity index (χ0v) is 11.2. The van der Waals surface area contributed by atoms with Crippen LogP contribution in [-0.4, -0.2) is 9.97 Å². The van der Waals surface area contributed by atoms with Gasteiger partial charge in [0.05, 0.1) is 0 Å². The van der Waals surface area contributed by atoms with E-state index in [-0.39, 0.29) is 0 Å². The molecule has 2 aromatic heterocycles. The van der Waals surface area contributed by atoms with E-state index in [0.29, 0.717) is 0 Å². The van der Waals surface area contributed by atoms with Crippen molar-refractivity contribution in [2.75, 3.05) is 5.32 Å². The van der Waals surface area contributed by atoms with Crippen LogP contribution in [0.1, 0.15) is 16.7 Å². The van der Waals surface area contributed by atoms with E-state index in [2.05, 4.69) is 53.4 Å². The van der Waals surface area contributed by atoms with Crippen molar-refractivity contribution in [2.24, 2.45) is 0 Å². The Morgan fingerprint density at radius 1 is 1.16 bits per heavy atom. The Kier molecular flexibility index (Phi) is 2.95. The summed E-state index contributed by atoms with van der Waals surface area (Å²) in [5, 5.41) is 4.64. The van der Waals surface area contributed by atoms with Crippen LogP contribution in [0.4, 0.5) is 5.69 Å². The molecule has 0 aliphatic heterocycles. The third-order valence-corrected chi connectivity index (χ3v) is 3.53. The average molecular weight is 251 g/mol. The number of fused-ring (bicyclic) bond motifs is 1.